The van der Waals surface area contributed by atoms with E-state index < -0.39 is 12.0 Å². The molecular weight excluding hydrogens is 270 g/mol. The van der Waals surface area contributed by atoms with Gasteiger partial charge >= 0.3 is 5.97 Å². The molecule has 102 valence electrons. The second kappa shape index (κ2) is 5.74. The Morgan fingerprint density at radius 3 is 2.56 bits per heavy atom. The van der Waals surface area contributed by atoms with Crippen LogP contribution in [-0.2, 0) is 9.59 Å². The number of rotatable bonds is 3. The van der Waals surface area contributed by atoms with Gasteiger partial charge in [0.1, 0.15) is 6.04 Å². The van der Waals surface area contributed by atoms with Crippen LogP contribution in [0, 0.1) is 5.92 Å². The summed E-state index contributed by atoms with van der Waals surface area (Å²) < 4.78 is 0. The highest BCUT2D eigenvalue weighted by molar-refractivity contribution is 8.01. The zero-order valence-corrected chi connectivity index (χ0v) is 12.3. The van der Waals surface area contributed by atoms with Crippen LogP contribution in [0.2, 0.25) is 0 Å². The first-order chi connectivity index (χ1) is 8.52. The molecule has 2 heterocycles. The fourth-order valence-electron chi connectivity index (χ4n) is 2.45. The van der Waals surface area contributed by atoms with Crippen LogP contribution in [-0.4, -0.2) is 50.1 Å². The van der Waals surface area contributed by atoms with Crippen LogP contribution in [0.3, 0.4) is 0 Å². The fraction of sp³-hybridized carbons (Fsp3) is 0.833. The maximum Gasteiger partial charge on any atom is 0.327 e. The zero-order chi connectivity index (χ0) is 13.3. The molecule has 0 bridgehead atoms. The summed E-state index contributed by atoms with van der Waals surface area (Å²) in [5.41, 5.74) is 0. The minimum Gasteiger partial charge on any atom is -0.480 e. The molecule has 2 aliphatic rings. The maximum absolute atomic E-state index is 12.5. The van der Waals surface area contributed by atoms with Crippen molar-refractivity contribution in [2.45, 2.75) is 43.4 Å². The summed E-state index contributed by atoms with van der Waals surface area (Å²) in [6.45, 7) is 4.09. The monoisotopic (exact) mass is 289 g/mol. The fourth-order valence-corrected chi connectivity index (χ4v) is 5.14. The molecule has 0 aromatic carbocycles. The van der Waals surface area contributed by atoms with Gasteiger partial charge in [-0.3, -0.25) is 4.79 Å². The summed E-state index contributed by atoms with van der Waals surface area (Å²) in [6.07, 6.45) is 1.95. The molecule has 2 fully saturated rings. The summed E-state index contributed by atoms with van der Waals surface area (Å²) >= 11 is 3.27. The Morgan fingerprint density at radius 2 is 2.06 bits per heavy atom. The number of amides is 1. The molecule has 4 nitrogen and oxygen atoms in total. The largest absolute Gasteiger partial charge is 0.480 e. The molecule has 3 unspecified atom stereocenters. The quantitative estimate of drug-likeness (QED) is 0.860. The van der Waals surface area contributed by atoms with Crippen molar-refractivity contribution in [3.8, 4) is 0 Å². The van der Waals surface area contributed by atoms with Gasteiger partial charge in [-0.2, -0.15) is 0 Å². The van der Waals surface area contributed by atoms with E-state index in [1.807, 2.05) is 13.8 Å². The minimum atomic E-state index is -0.873. The Bertz CT molecular complexity index is 342. The second-order valence-corrected chi connectivity index (χ2v) is 7.53. The second-order valence-electron chi connectivity index (χ2n) is 5.07. The first kappa shape index (κ1) is 14.1. The average Bonchev–Trinajstić information content (AvgIpc) is 2.97. The summed E-state index contributed by atoms with van der Waals surface area (Å²) in [5.74, 6) is 0.980. The van der Waals surface area contributed by atoms with Crippen molar-refractivity contribution in [1.29, 1.82) is 0 Å². The molecule has 3 atom stereocenters. The molecule has 0 radical (unpaired) electrons. The van der Waals surface area contributed by atoms with Gasteiger partial charge in [-0.05, 0) is 24.5 Å². The van der Waals surface area contributed by atoms with E-state index >= 15 is 0 Å². The molecule has 0 aromatic heterocycles. The number of carbonyl (C=O) groups is 2. The van der Waals surface area contributed by atoms with Gasteiger partial charge < -0.3 is 10.0 Å². The molecule has 0 spiro atoms. The average molecular weight is 289 g/mol. The molecule has 6 heteroatoms. The van der Waals surface area contributed by atoms with Gasteiger partial charge in [0.15, 0.2) is 0 Å². The van der Waals surface area contributed by atoms with Crippen LogP contribution in [0.15, 0.2) is 0 Å². The predicted octanol–water partition coefficient (Wildman–Crippen LogP) is 1.89. The van der Waals surface area contributed by atoms with E-state index in [4.69, 9.17) is 0 Å². The normalized spacial score (nSPS) is 32.2. The first-order valence-electron chi connectivity index (χ1n) is 6.30. The summed E-state index contributed by atoms with van der Waals surface area (Å²) in [5, 5.41) is 9.25. The Morgan fingerprint density at radius 1 is 1.33 bits per heavy atom. The molecule has 0 saturated carbocycles. The van der Waals surface area contributed by atoms with Gasteiger partial charge in [0.05, 0.1) is 10.6 Å². The number of carboxylic acids is 1. The Hall–Kier alpha value is -0.360. The number of carbonyl (C=O) groups excluding carboxylic acids is 1. The molecule has 2 aliphatic heterocycles. The molecule has 1 N–H and O–H groups in total. The Balaban J connectivity index is 2.17. The Labute approximate surface area is 116 Å². The summed E-state index contributed by atoms with van der Waals surface area (Å²) in [6, 6.07) is -0.643. The highest BCUT2D eigenvalue weighted by atomic mass is 32.2. The van der Waals surface area contributed by atoms with Gasteiger partial charge in [-0.25, -0.2) is 4.79 Å². The molecule has 2 rings (SSSR count). The van der Waals surface area contributed by atoms with E-state index in [-0.39, 0.29) is 22.4 Å². The molecule has 0 aromatic rings. The predicted molar refractivity (Wildman–Crippen MR) is 74.8 cm³/mol. The lowest BCUT2D eigenvalue weighted by atomic mass is 10.1. The number of hydrogen-bond acceptors (Lipinski definition) is 4. The van der Waals surface area contributed by atoms with Crippen molar-refractivity contribution in [2.75, 3.05) is 11.5 Å². The zero-order valence-electron chi connectivity index (χ0n) is 10.7. The van der Waals surface area contributed by atoms with E-state index in [2.05, 4.69) is 0 Å². The van der Waals surface area contributed by atoms with E-state index in [1.165, 1.54) is 0 Å². The third kappa shape index (κ3) is 2.64. The van der Waals surface area contributed by atoms with Crippen LogP contribution >= 0.6 is 23.5 Å². The highest BCUT2D eigenvalue weighted by Crippen LogP contribution is 2.37. The van der Waals surface area contributed by atoms with Crippen LogP contribution in [0.4, 0.5) is 0 Å². The van der Waals surface area contributed by atoms with Crippen molar-refractivity contribution in [3.63, 3.8) is 0 Å². The summed E-state index contributed by atoms with van der Waals surface area (Å²) in [7, 11) is 0. The number of aliphatic carboxylic acids is 1. The smallest absolute Gasteiger partial charge is 0.327 e. The molecule has 2 saturated heterocycles. The number of nitrogens with zero attached hydrogens (tertiary/aromatic N) is 1. The van der Waals surface area contributed by atoms with Crippen molar-refractivity contribution in [1.82, 2.24) is 4.90 Å². The van der Waals surface area contributed by atoms with Crippen molar-refractivity contribution >= 4 is 35.4 Å². The number of hydrogen-bond donors (Lipinski definition) is 1. The van der Waals surface area contributed by atoms with Gasteiger partial charge in [0.2, 0.25) is 5.91 Å². The van der Waals surface area contributed by atoms with E-state index in [1.54, 1.807) is 28.4 Å². The maximum atomic E-state index is 12.5. The van der Waals surface area contributed by atoms with Gasteiger partial charge in [-0.1, -0.05) is 13.8 Å². The van der Waals surface area contributed by atoms with Crippen LogP contribution in [0.5, 0.6) is 0 Å². The van der Waals surface area contributed by atoms with E-state index in [0.29, 0.717) is 5.75 Å². The molecule has 18 heavy (non-hydrogen) atoms. The van der Waals surface area contributed by atoms with Gasteiger partial charge in [0.25, 0.3) is 0 Å². The third-order valence-electron chi connectivity index (χ3n) is 3.35. The topological polar surface area (TPSA) is 57.6 Å². The molecule has 1 amide bonds. The van der Waals surface area contributed by atoms with Crippen LogP contribution in [0.25, 0.3) is 0 Å². The molecule has 0 aliphatic carbocycles. The number of carboxylic acid groups (broad SMARTS) is 1. The van der Waals surface area contributed by atoms with E-state index in [0.717, 1.165) is 18.6 Å². The minimum absolute atomic E-state index is 0.0137. The first-order valence-corrected chi connectivity index (χ1v) is 8.40. The highest BCUT2D eigenvalue weighted by Gasteiger charge is 2.45. The lowest BCUT2D eigenvalue weighted by molar-refractivity contribution is -0.149. The third-order valence-corrected chi connectivity index (χ3v) is 6.34. The lowest BCUT2D eigenvalue weighted by Crippen LogP contribution is -2.49. The van der Waals surface area contributed by atoms with Crippen molar-refractivity contribution in [3.05, 3.63) is 0 Å². The van der Waals surface area contributed by atoms with Gasteiger partial charge in [0, 0.05) is 5.75 Å². The molecular formula is C12H19NO3S2. The van der Waals surface area contributed by atoms with Gasteiger partial charge in [-0.15, -0.1) is 23.5 Å². The lowest BCUT2D eigenvalue weighted by Gasteiger charge is -2.31. The van der Waals surface area contributed by atoms with Crippen LogP contribution < -0.4 is 0 Å². The van der Waals surface area contributed by atoms with E-state index in [9.17, 15) is 14.7 Å². The number of thioether (sulfide) groups is 2. The SMILES string of the molecule is CC(C)C1SCC(C(=O)O)N1C(=O)C1CCCS1. The van der Waals surface area contributed by atoms with Crippen molar-refractivity contribution < 1.29 is 14.7 Å². The standard InChI is InChI=1S/C12H19NO3S2/c1-7(2)11-13(8(6-18-11)12(15)16)10(14)9-4-3-5-17-9/h7-9,11H,3-6H2,1-2H3,(H,15,16). The summed E-state index contributed by atoms with van der Waals surface area (Å²) in [4.78, 5) is 25.4. The Kier molecular flexibility index (Phi) is 4.48. The van der Waals surface area contributed by atoms with Crippen LogP contribution in [0.1, 0.15) is 26.7 Å². The van der Waals surface area contributed by atoms with Crippen molar-refractivity contribution in [2.24, 2.45) is 5.92 Å².